The highest BCUT2D eigenvalue weighted by Crippen LogP contribution is 2.39. The molecule has 1 saturated heterocycles. The lowest BCUT2D eigenvalue weighted by molar-refractivity contribution is -0.111. The lowest BCUT2D eigenvalue weighted by Crippen LogP contribution is -2.57. The van der Waals surface area contributed by atoms with Gasteiger partial charge in [0.15, 0.2) is 5.84 Å². The van der Waals surface area contributed by atoms with E-state index >= 15 is 0 Å². The van der Waals surface area contributed by atoms with E-state index in [2.05, 4.69) is 67.8 Å². The molecule has 1 amide bonds. The summed E-state index contributed by atoms with van der Waals surface area (Å²) < 4.78 is 5.69. The molecule has 0 bridgehead atoms. The van der Waals surface area contributed by atoms with Gasteiger partial charge in [0, 0.05) is 49.4 Å². The molecule has 3 N–H and O–H groups in total. The second kappa shape index (κ2) is 11.1. The van der Waals surface area contributed by atoms with Crippen molar-refractivity contribution in [2.45, 2.75) is 6.04 Å². The van der Waals surface area contributed by atoms with Gasteiger partial charge in [0.1, 0.15) is 5.75 Å². The molecular weight excluding hydrogens is 468 g/mol. The SMILES string of the molecule is C=CC(=O)Nc1cc(N/C(N=C)=N/C(=N\C)c2cccc3cc[nH]c23)c(OC)cc1N1CC(N(C)C)C1. The summed E-state index contributed by atoms with van der Waals surface area (Å²) in [5, 5.41) is 7.15. The van der Waals surface area contributed by atoms with Crippen molar-refractivity contribution in [3.63, 3.8) is 0 Å². The number of benzene rings is 2. The first kappa shape index (κ1) is 25.6. The van der Waals surface area contributed by atoms with Gasteiger partial charge in [-0.2, -0.15) is 4.99 Å². The molecule has 2 heterocycles. The summed E-state index contributed by atoms with van der Waals surface area (Å²) in [6.45, 7) is 8.93. The largest absolute Gasteiger partial charge is 0.494 e. The van der Waals surface area contributed by atoms with Gasteiger partial charge in [-0.25, -0.2) is 4.99 Å². The summed E-state index contributed by atoms with van der Waals surface area (Å²) in [5.74, 6) is 0.969. The fourth-order valence-corrected chi connectivity index (χ4v) is 4.19. The van der Waals surface area contributed by atoms with Crippen LogP contribution in [0.15, 0.2) is 70.2 Å². The summed E-state index contributed by atoms with van der Waals surface area (Å²) in [4.78, 5) is 32.9. The first-order valence-corrected chi connectivity index (χ1v) is 11.8. The van der Waals surface area contributed by atoms with Gasteiger partial charge in [-0.3, -0.25) is 9.79 Å². The molecule has 0 aliphatic carbocycles. The van der Waals surface area contributed by atoms with Crippen LogP contribution in [-0.2, 0) is 4.79 Å². The van der Waals surface area contributed by atoms with Crippen LogP contribution in [0.5, 0.6) is 5.75 Å². The number of hydrogen-bond acceptors (Lipinski definition) is 5. The molecule has 0 unspecified atom stereocenters. The minimum absolute atomic E-state index is 0.229. The number of aliphatic imine (C=N–C) groups is 3. The van der Waals surface area contributed by atoms with Gasteiger partial charge in [0.05, 0.1) is 29.7 Å². The van der Waals surface area contributed by atoms with Gasteiger partial charge >= 0.3 is 0 Å². The van der Waals surface area contributed by atoms with Crippen LogP contribution in [0.25, 0.3) is 10.9 Å². The Morgan fingerprint density at radius 2 is 2.00 bits per heavy atom. The number of aromatic amines is 1. The first-order chi connectivity index (χ1) is 17.9. The van der Waals surface area contributed by atoms with Gasteiger partial charge in [0.2, 0.25) is 11.9 Å². The fourth-order valence-electron chi connectivity index (χ4n) is 4.19. The van der Waals surface area contributed by atoms with Crippen LogP contribution in [0.3, 0.4) is 0 Å². The summed E-state index contributed by atoms with van der Waals surface area (Å²) in [6, 6.07) is 12.0. The summed E-state index contributed by atoms with van der Waals surface area (Å²) in [6.07, 6.45) is 3.11. The number of nitrogens with zero attached hydrogens (tertiary/aromatic N) is 5. The number of likely N-dealkylation sites (N-methyl/N-ethyl adjacent to an activating group) is 1. The maximum atomic E-state index is 12.2. The Morgan fingerprint density at radius 3 is 2.65 bits per heavy atom. The quantitative estimate of drug-likeness (QED) is 0.261. The second-order valence-corrected chi connectivity index (χ2v) is 8.80. The highest BCUT2D eigenvalue weighted by molar-refractivity contribution is 6.15. The van der Waals surface area contributed by atoms with Crippen LogP contribution in [0.4, 0.5) is 17.1 Å². The second-order valence-electron chi connectivity index (χ2n) is 8.80. The Morgan fingerprint density at radius 1 is 1.22 bits per heavy atom. The maximum Gasteiger partial charge on any atom is 0.247 e. The molecule has 0 spiro atoms. The van der Waals surface area contributed by atoms with E-state index in [4.69, 9.17) is 4.74 Å². The van der Waals surface area contributed by atoms with Crippen molar-refractivity contribution in [2.75, 3.05) is 56.9 Å². The number of nitrogens with one attached hydrogen (secondary N) is 3. The van der Waals surface area contributed by atoms with Crippen molar-refractivity contribution < 1.29 is 9.53 Å². The minimum atomic E-state index is -0.308. The molecule has 37 heavy (non-hydrogen) atoms. The van der Waals surface area contributed by atoms with Gasteiger partial charge in [-0.1, -0.05) is 18.7 Å². The normalized spacial score (nSPS) is 14.5. The molecule has 0 atom stereocenters. The average molecular weight is 501 g/mol. The third-order valence-electron chi connectivity index (χ3n) is 6.34. The zero-order valence-electron chi connectivity index (χ0n) is 21.6. The number of carbonyl (C=O) groups is 1. The lowest BCUT2D eigenvalue weighted by Gasteiger charge is -2.45. The number of ether oxygens (including phenoxy) is 1. The molecule has 10 nitrogen and oxygen atoms in total. The minimum Gasteiger partial charge on any atom is -0.494 e. The number of amidine groups is 1. The van der Waals surface area contributed by atoms with Crippen molar-refractivity contribution in [3.05, 3.63) is 60.8 Å². The maximum absolute atomic E-state index is 12.2. The van der Waals surface area contributed by atoms with E-state index in [1.807, 2.05) is 36.5 Å². The molecule has 1 aromatic heterocycles. The summed E-state index contributed by atoms with van der Waals surface area (Å²) in [5.41, 5.74) is 3.80. The highest BCUT2D eigenvalue weighted by Gasteiger charge is 2.31. The highest BCUT2D eigenvalue weighted by atomic mass is 16.5. The Bertz CT molecular complexity index is 1380. The molecule has 0 saturated carbocycles. The van der Waals surface area contributed by atoms with Crippen molar-refractivity contribution in [1.82, 2.24) is 9.88 Å². The first-order valence-electron chi connectivity index (χ1n) is 11.8. The zero-order valence-corrected chi connectivity index (χ0v) is 21.6. The van der Waals surface area contributed by atoms with Crippen LogP contribution < -0.4 is 20.3 Å². The lowest BCUT2D eigenvalue weighted by atomic mass is 10.0. The predicted molar refractivity (Wildman–Crippen MR) is 153 cm³/mol. The van der Waals surface area contributed by atoms with Crippen LogP contribution in [0, 0.1) is 0 Å². The summed E-state index contributed by atoms with van der Waals surface area (Å²) in [7, 11) is 7.38. The smallest absolute Gasteiger partial charge is 0.247 e. The molecule has 4 rings (SSSR count). The van der Waals surface area contributed by atoms with E-state index in [9.17, 15) is 4.79 Å². The number of fused-ring (bicyclic) bond motifs is 1. The Labute approximate surface area is 216 Å². The molecule has 10 heteroatoms. The van der Waals surface area contributed by atoms with Crippen molar-refractivity contribution in [1.29, 1.82) is 0 Å². The molecule has 0 radical (unpaired) electrons. The van der Waals surface area contributed by atoms with Crippen molar-refractivity contribution in [2.24, 2.45) is 15.0 Å². The van der Waals surface area contributed by atoms with E-state index < -0.39 is 0 Å². The zero-order chi connectivity index (χ0) is 26.5. The molecule has 1 aliphatic heterocycles. The third-order valence-corrected chi connectivity index (χ3v) is 6.34. The molecular formula is C27H32N8O2. The third kappa shape index (κ3) is 5.39. The number of aromatic nitrogens is 1. The molecule has 2 aromatic carbocycles. The topological polar surface area (TPSA) is 110 Å². The number of para-hydroxylation sites is 1. The van der Waals surface area contributed by atoms with Crippen LogP contribution in [-0.4, -0.2) is 81.7 Å². The van der Waals surface area contributed by atoms with E-state index in [0.717, 1.165) is 35.2 Å². The van der Waals surface area contributed by atoms with Crippen LogP contribution in [0.2, 0.25) is 0 Å². The number of hydrogen-bond donors (Lipinski definition) is 3. The van der Waals surface area contributed by atoms with E-state index in [1.54, 1.807) is 20.2 Å². The number of guanidine groups is 1. The fraction of sp³-hybridized carbons (Fsp3) is 0.259. The average Bonchev–Trinajstić information content (AvgIpc) is 3.35. The predicted octanol–water partition coefficient (Wildman–Crippen LogP) is 3.60. The van der Waals surface area contributed by atoms with Gasteiger partial charge in [-0.15, -0.1) is 0 Å². The van der Waals surface area contributed by atoms with Crippen molar-refractivity contribution >= 4 is 52.4 Å². The van der Waals surface area contributed by atoms with Gasteiger partial charge in [0.25, 0.3) is 0 Å². The number of methoxy groups -OCH3 is 1. The van der Waals surface area contributed by atoms with Gasteiger partial charge < -0.3 is 30.2 Å². The number of carbonyl (C=O) groups excluding carboxylic acids is 1. The van der Waals surface area contributed by atoms with E-state index in [0.29, 0.717) is 29.0 Å². The molecule has 1 fully saturated rings. The van der Waals surface area contributed by atoms with Crippen molar-refractivity contribution in [3.8, 4) is 5.75 Å². The molecule has 3 aromatic rings. The number of anilines is 3. The number of amides is 1. The Kier molecular flexibility index (Phi) is 7.69. The van der Waals surface area contributed by atoms with Crippen LogP contribution in [0.1, 0.15) is 5.56 Å². The standard InChI is InChI=1S/C27H32N8O2/c1-7-24(36)31-20-13-21(23(37-6)14-22(20)35-15-18(16-35)34(4)5)32-27(29-3)33-26(28-2)19-10-8-9-17-11-12-30-25(17)19/h7-14,18,30H,1,3,15-16H2,2,4-6H3,(H,31,36)(H,28,32,33). The van der Waals surface area contributed by atoms with Gasteiger partial charge in [-0.05, 0) is 45.1 Å². The summed E-state index contributed by atoms with van der Waals surface area (Å²) >= 11 is 0. The van der Waals surface area contributed by atoms with Crippen LogP contribution >= 0.6 is 0 Å². The number of rotatable bonds is 7. The Hall–Kier alpha value is -4.44. The monoisotopic (exact) mass is 500 g/mol. The molecule has 192 valence electrons. The van der Waals surface area contributed by atoms with E-state index in [1.165, 1.54) is 6.08 Å². The van der Waals surface area contributed by atoms with E-state index in [-0.39, 0.29) is 11.9 Å². The molecule has 1 aliphatic rings. The number of H-pyrrole nitrogens is 1. The Balaban J connectivity index is 1.69.